The van der Waals surface area contributed by atoms with E-state index in [1.807, 2.05) is 6.20 Å². The highest BCUT2D eigenvalue weighted by molar-refractivity contribution is 5.42. The molecule has 20 heavy (non-hydrogen) atoms. The molecule has 108 valence electrons. The third kappa shape index (κ3) is 2.10. The first-order valence-electron chi connectivity index (χ1n) is 8.08. The number of aryl methyl sites for hydroxylation is 1. The minimum Gasteiger partial charge on any atom is -0.353 e. The van der Waals surface area contributed by atoms with Gasteiger partial charge in [0.2, 0.25) is 0 Å². The van der Waals surface area contributed by atoms with Crippen LogP contribution in [0.2, 0.25) is 0 Å². The first kappa shape index (κ1) is 12.6. The molecule has 3 atom stereocenters. The summed E-state index contributed by atoms with van der Waals surface area (Å²) in [6.07, 6.45) is 9.55. The van der Waals surface area contributed by atoms with Gasteiger partial charge in [0.05, 0.1) is 5.69 Å². The van der Waals surface area contributed by atoms with Crippen LogP contribution in [0.5, 0.6) is 0 Å². The average molecular weight is 272 g/mol. The Morgan fingerprint density at radius 3 is 2.45 bits per heavy atom. The molecule has 4 nitrogen and oxygen atoms in total. The Balaban J connectivity index is 1.40. The van der Waals surface area contributed by atoms with E-state index in [2.05, 4.69) is 26.7 Å². The van der Waals surface area contributed by atoms with E-state index >= 15 is 0 Å². The molecule has 1 saturated heterocycles. The minimum absolute atomic E-state index is 0.888. The van der Waals surface area contributed by atoms with Crippen LogP contribution in [0.1, 0.15) is 31.4 Å². The van der Waals surface area contributed by atoms with E-state index in [1.165, 1.54) is 38.8 Å². The van der Waals surface area contributed by atoms with Gasteiger partial charge in [-0.15, -0.1) is 0 Å². The molecule has 1 aromatic rings. The van der Waals surface area contributed by atoms with Gasteiger partial charge in [-0.1, -0.05) is 6.42 Å². The first-order valence-corrected chi connectivity index (χ1v) is 8.08. The fraction of sp³-hybridized carbons (Fsp3) is 0.750. The quantitative estimate of drug-likeness (QED) is 0.825. The maximum absolute atomic E-state index is 4.51. The number of hydrogen-bond donors (Lipinski definition) is 0. The number of aromatic nitrogens is 2. The summed E-state index contributed by atoms with van der Waals surface area (Å²) in [5, 5.41) is 0. The van der Waals surface area contributed by atoms with Gasteiger partial charge >= 0.3 is 0 Å². The van der Waals surface area contributed by atoms with Gasteiger partial charge in [-0.2, -0.15) is 0 Å². The van der Waals surface area contributed by atoms with Gasteiger partial charge in [0.1, 0.15) is 5.82 Å². The van der Waals surface area contributed by atoms with Gasteiger partial charge in [-0.25, -0.2) is 4.98 Å². The third-order valence-corrected chi connectivity index (χ3v) is 5.64. The van der Waals surface area contributed by atoms with Crippen molar-refractivity contribution in [3.63, 3.8) is 0 Å². The maximum atomic E-state index is 4.51. The fourth-order valence-corrected chi connectivity index (χ4v) is 4.63. The van der Waals surface area contributed by atoms with E-state index in [1.54, 1.807) is 6.20 Å². The van der Waals surface area contributed by atoms with E-state index < -0.39 is 0 Å². The van der Waals surface area contributed by atoms with Gasteiger partial charge in [-0.3, -0.25) is 9.88 Å². The molecule has 2 aliphatic carbocycles. The lowest BCUT2D eigenvalue weighted by Crippen LogP contribution is -2.52. The largest absolute Gasteiger partial charge is 0.353 e. The summed E-state index contributed by atoms with van der Waals surface area (Å²) in [7, 11) is 0. The molecule has 4 heteroatoms. The molecule has 2 heterocycles. The van der Waals surface area contributed by atoms with Gasteiger partial charge in [0.25, 0.3) is 0 Å². The molecule has 0 N–H and O–H groups in total. The van der Waals surface area contributed by atoms with Crippen molar-refractivity contribution >= 4 is 5.82 Å². The molecule has 2 saturated carbocycles. The van der Waals surface area contributed by atoms with Crippen LogP contribution in [-0.4, -0.2) is 47.1 Å². The second-order valence-corrected chi connectivity index (χ2v) is 6.73. The van der Waals surface area contributed by atoms with Crippen molar-refractivity contribution in [3.05, 3.63) is 18.1 Å². The second-order valence-electron chi connectivity index (χ2n) is 6.73. The minimum atomic E-state index is 0.888. The van der Waals surface area contributed by atoms with E-state index in [9.17, 15) is 0 Å². The van der Waals surface area contributed by atoms with Gasteiger partial charge < -0.3 is 4.90 Å². The van der Waals surface area contributed by atoms with Crippen molar-refractivity contribution in [2.45, 2.75) is 38.6 Å². The van der Waals surface area contributed by atoms with Crippen LogP contribution in [0.4, 0.5) is 5.82 Å². The van der Waals surface area contributed by atoms with Crippen LogP contribution in [-0.2, 0) is 0 Å². The Morgan fingerprint density at radius 1 is 1.00 bits per heavy atom. The fourth-order valence-electron chi connectivity index (χ4n) is 4.63. The number of anilines is 1. The van der Waals surface area contributed by atoms with Crippen LogP contribution in [0.3, 0.4) is 0 Å². The Labute approximate surface area is 121 Å². The Morgan fingerprint density at radius 2 is 1.80 bits per heavy atom. The van der Waals surface area contributed by atoms with Crippen LogP contribution < -0.4 is 4.90 Å². The molecule has 1 aliphatic heterocycles. The van der Waals surface area contributed by atoms with Crippen molar-refractivity contribution in [2.75, 3.05) is 31.1 Å². The van der Waals surface area contributed by atoms with Crippen molar-refractivity contribution in [1.29, 1.82) is 0 Å². The van der Waals surface area contributed by atoms with E-state index in [0.29, 0.717) is 0 Å². The number of rotatable bonds is 2. The molecule has 2 bridgehead atoms. The first-order chi connectivity index (χ1) is 9.81. The molecule has 0 amide bonds. The number of nitrogens with zero attached hydrogens (tertiary/aromatic N) is 4. The van der Waals surface area contributed by atoms with E-state index in [0.717, 1.165) is 42.5 Å². The monoisotopic (exact) mass is 272 g/mol. The Hall–Kier alpha value is -1.16. The lowest BCUT2D eigenvalue weighted by atomic mass is 9.93. The number of piperazine rings is 1. The van der Waals surface area contributed by atoms with E-state index in [4.69, 9.17) is 0 Å². The van der Waals surface area contributed by atoms with Gasteiger partial charge in [0.15, 0.2) is 0 Å². The molecule has 0 unspecified atom stereocenters. The maximum Gasteiger partial charge on any atom is 0.150 e. The van der Waals surface area contributed by atoms with Gasteiger partial charge in [-0.05, 0) is 38.0 Å². The highest BCUT2D eigenvalue weighted by Crippen LogP contribution is 2.46. The molecular formula is C16H24N4. The normalized spacial score (nSPS) is 33.9. The number of fused-ring (bicyclic) bond motifs is 2. The molecule has 3 aliphatic rings. The predicted octanol–water partition coefficient (Wildman–Crippen LogP) is 2.10. The number of hydrogen-bond acceptors (Lipinski definition) is 4. The zero-order valence-corrected chi connectivity index (χ0v) is 12.3. The molecule has 0 spiro atoms. The second kappa shape index (κ2) is 4.99. The lowest BCUT2D eigenvalue weighted by Gasteiger charge is -2.41. The summed E-state index contributed by atoms with van der Waals surface area (Å²) in [6.45, 7) is 6.67. The molecule has 0 aromatic carbocycles. The smallest absolute Gasteiger partial charge is 0.150 e. The average Bonchev–Trinajstić information content (AvgIpc) is 3.11. The van der Waals surface area contributed by atoms with Crippen LogP contribution in [0, 0.1) is 18.8 Å². The molecular weight excluding hydrogens is 248 g/mol. The zero-order valence-electron chi connectivity index (χ0n) is 12.3. The Kier molecular flexibility index (Phi) is 3.14. The van der Waals surface area contributed by atoms with E-state index in [-0.39, 0.29) is 0 Å². The summed E-state index contributed by atoms with van der Waals surface area (Å²) in [6, 6.07) is 0.888. The molecule has 3 fully saturated rings. The SMILES string of the molecule is Cc1nccnc1N1CCN([C@H]2C[C@H]3CC[C@H]2C3)CC1. The standard InChI is InChI=1S/C16H24N4/c1-12-16(18-5-4-17-12)20-8-6-19(7-9-20)15-11-13-2-3-14(15)10-13/h4-5,13-15H,2-3,6-11H2,1H3/t13-,14-,15-/m0/s1. The van der Waals surface area contributed by atoms with Crippen molar-refractivity contribution in [3.8, 4) is 0 Å². The third-order valence-electron chi connectivity index (χ3n) is 5.64. The molecule has 4 rings (SSSR count). The van der Waals surface area contributed by atoms with Crippen LogP contribution in [0.25, 0.3) is 0 Å². The van der Waals surface area contributed by atoms with Gasteiger partial charge in [0, 0.05) is 44.6 Å². The molecule has 0 radical (unpaired) electrons. The predicted molar refractivity (Wildman–Crippen MR) is 79.8 cm³/mol. The summed E-state index contributed by atoms with van der Waals surface area (Å²) < 4.78 is 0. The summed E-state index contributed by atoms with van der Waals surface area (Å²) >= 11 is 0. The van der Waals surface area contributed by atoms with Crippen molar-refractivity contribution in [1.82, 2.24) is 14.9 Å². The highest BCUT2D eigenvalue weighted by atomic mass is 15.3. The molecule has 1 aromatic heterocycles. The van der Waals surface area contributed by atoms with Crippen molar-refractivity contribution in [2.24, 2.45) is 11.8 Å². The summed E-state index contributed by atoms with van der Waals surface area (Å²) in [5.74, 6) is 3.13. The Bertz CT molecular complexity index is 481. The highest BCUT2D eigenvalue weighted by Gasteiger charge is 2.42. The van der Waals surface area contributed by atoms with Crippen molar-refractivity contribution < 1.29 is 0 Å². The summed E-state index contributed by atoms with van der Waals surface area (Å²) in [5.41, 5.74) is 1.06. The van der Waals surface area contributed by atoms with Crippen LogP contribution >= 0.6 is 0 Å². The summed E-state index contributed by atoms with van der Waals surface area (Å²) in [4.78, 5) is 14.0. The zero-order chi connectivity index (χ0) is 13.5. The van der Waals surface area contributed by atoms with Crippen LogP contribution in [0.15, 0.2) is 12.4 Å². The lowest BCUT2D eigenvalue weighted by molar-refractivity contribution is 0.134. The topological polar surface area (TPSA) is 32.3 Å².